The maximum absolute atomic E-state index is 13.4. The number of hydrogen-bond donors (Lipinski definition) is 1. The van der Waals surface area contributed by atoms with Crippen LogP contribution in [0.3, 0.4) is 0 Å². The first kappa shape index (κ1) is 13.6. The molecule has 0 amide bonds. The molecule has 94 valence electrons. The molecule has 0 aliphatic heterocycles. The summed E-state index contributed by atoms with van der Waals surface area (Å²) in [5, 5.41) is 3.27. The van der Waals surface area contributed by atoms with Crippen LogP contribution in [0, 0.1) is 5.82 Å². The highest BCUT2D eigenvalue weighted by molar-refractivity contribution is 9.10. The van der Waals surface area contributed by atoms with Gasteiger partial charge in [0.1, 0.15) is 5.82 Å². The van der Waals surface area contributed by atoms with Crippen molar-refractivity contribution in [2.45, 2.75) is 13.0 Å². The van der Waals surface area contributed by atoms with Gasteiger partial charge in [-0.2, -0.15) is 0 Å². The van der Waals surface area contributed by atoms with Crippen molar-refractivity contribution in [2.24, 2.45) is 0 Å². The van der Waals surface area contributed by atoms with Crippen molar-refractivity contribution in [3.05, 3.63) is 62.8 Å². The monoisotopic (exact) mass is 371 g/mol. The first-order chi connectivity index (χ1) is 8.56. The fourth-order valence-corrected chi connectivity index (χ4v) is 2.18. The Morgan fingerprint density at radius 3 is 2.33 bits per heavy atom. The molecule has 0 heterocycles. The van der Waals surface area contributed by atoms with E-state index in [1.807, 2.05) is 37.3 Å². The summed E-state index contributed by atoms with van der Waals surface area (Å²) in [6.07, 6.45) is 0. The zero-order valence-electron chi connectivity index (χ0n) is 9.75. The average Bonchev–Trinajstić information content (AvgIpc) is 2.34. The van der Waals surface area contributed by atoms with Crippen molar-refractivity contribution in [3.63, 3.8) is 0 Å². The van der Waals surface area contributed by atoms with Gasteiger partial charge in [0, 0.05) is 16.2 Å². The Labute approximate surface area is 123 Å². The van der Waals surface area contributed by atoms with Gasteiger partial charge in [0.05, 0.1) is 4.47 Å². The normalized spacial score (nSPS) is 12.2. The molecule has 4 heteroatoms. The SMILES string of the molecule is CC(Nc1ccc(Br)c(F)c1)c1ccc(Br)cc1. The molecular weight excluding hydrogens is 361 g/mol. The molecule has 0 spiro atoms. The summed E-state index contributed by atoms with van der Waals surface area (Å²) < 4.78 is 14.9. The molecule has 0 aliphatic carbocycles. The van der Waals surface area contributed by atoms with E-state index in [0.29, 0.717) is 4.47 Å². The summed E-state index contributed by atoms with van der Waals surface area (Å²) in [6, 6.07) is 13.2. The lowest BCUT2D eigenvalue weighted by molar-refractivity contribution is 0.621. The quantitative estimate of drug-likeness (QED) is 0.747. The average molecular weight is 373 g/mol. The summed E-state index contributed by atoms with van der Waals surface area (Å²) in [7, 11) is 0. The standard InChI is InChI=1S/C14H12Br2FN/c1-9(10-2-4-11(15)5-3-10)18-12-6-7-13(16)14(17)8-12/h2-9,18H,1H3. The van der Waals surface area contributed by atoms with E-state index >= 15 is 0 Å². The number of nitrogens with one attached hydrogen (secondary N) is 1. The van der Waals surface area contributed by atoms with Crippen LogP contribution < -0.4 is 5.32 Å². The highest BCUT2D eigenvalue weighted by atomic mass is 79.9. The van der Waals surface area contributed by atoms with Gasteiger partial charge >= 0.3 is 0 Å². The smallest absolute Gasteiger partial charge is 0.139 e. The third-order valence-corrected chi connectivity index (χ3v) is 3.84. The van der Waals surface area contributed by atoms with Crippen LogP contribution in [0.2, 0.25) is 0 Å². The molecule has 2 rings (SSSR count). The van der Waals surface area contributed by atoms with Crippen LogP contribution in [0.25, 0.3) is 0 Å². The van der Waals surface area contributed by atoms with Gasteiger partial charge in [-0.25, -0.2) is 4.39 Å². The van der Waals surface area contributed by atoms with Crippen molar-refractivity contribution in [3.8, 4) is 0 Å². The second-order valence-corrected chi connectivity index (χ2v) is 5.82. The molecule has 1 atom stereocenters. The van der Waals surface area contributed by atoms with Crippen LogP contribution >= 0.6 is 31.9 Å². The molecule has 0 bridgehead atoms. The molecule has 0 aliphatic rings. The van der Waals surface area contributed by atoms with Crippen molar-refractivity contribution < 1.29 is 4.39 Å². The Morgan fingerprint density at radius 1 is 1.06 bits per heavy atom. The highest BCUT2D eigenvalue weighted by Crippen LogP contribution is 2.24. The van der Waals surface area contributed by atoms with Gasteiger partial charge in [-0.3, -0.25) is 0 Å². The van der Waals surface area contributed by atoms with Gasteiger partial charge in [-0.15, -0.1) is 0 Å². The minimum atomic E-state index is -0.261. The highest BCUT2D eigenvalue weighted by Gasteiger charge is 2.06. The van der Waals surface area contributed by atoms with Crippen LogP contribution in [-0.4, -0.2) is 0 Å². The minimum absolute atomic E-state index is 0.124. The van der Waals surface area contributed by atoms with Crippen molar-refractivity contribution >= 4 is 37.5 Å². The lowest BCUT2D eigenvalue weighted by Gasteiger charge is -2.16. The fourth-order valence-electron chi connectivity index (χ4n) is 1.67. The van der Waals surface area contributed by atoms with Gasteiger partial charge in [-0.05, 0) is 58.7 Å². The van der Waals surface area contributed by atoms with Gasteiger partial charge in [0.15, 0.2) is 0 Å². The molecule has 18 heavy (non-hydrogen) atoms. The third kappa shape index (κ3) is 3.33. The van der Waals surface area contributed by atoms with E-state index < -0.39 is 0 Å². The Bertz CT molecular complexity index is 540. The number of hydrogen-bond acceptors (Lipinski definition) is 1. The molecule has 1 N–H and O–H groups in total. The Hall–Kier alpha value is -0.870. The van der Waals surface area contributed by atoms with E-state index in [-0.39, 0.29) is 11.9 Å². The second kappa shape index (κ2) is 5.85. The van der Waals surface area contributed by atoms with E-state index in [9.17, 15) is 4.39 Å². The predicted molar refractivity (Wildman–Crippen MR) is 80.3 cm³/mol. The third-order valence-electron chi connectivity index (χ3n) is 2.67. The number of rotatable bonds is 3. The van der Waals surface area contributed by atoms with E-state index in [2.05, 4.69) is 37.2 Å². The van der Waals surface area contributed by atoms with Gasteiger partial charge in [0.2, 0.25) is 0 Å². The van der Waals surface area contributed by atoms with Crippen molar-refractivity contribution in [1.29, 1.82) is 0 Å². The molecule has 1 unspecified atom stereocenters. The topological polar surface area (TPSA) is 12.0 Å². The van der Waals surface area contributed by atoms with Gasteiger partial charge < -0.3 is 5.32 Å². The van der Waals surface area contributed by atoms with Crippen LogP contribution in [0.15, 0.2) is 51.4 Å². The molecule has 2 aromatic carbocycles. The molecule has 0 saturated heterocycles. The molecular formula is C14H12Br2FN. The molecule has 0 aromatic heterocycles. The summed E-state index contributed by atoms with van der Waals surface area (Å²) >= 11 is 6.54. The summed E-state index contributed by atoms with van der Waals surface area (Å²) in [4.78, 5) is 0. The van der Waals surface area contributed by atoms with E-state index in [1.165, 1.54) is 6.07 Å². The van der Waals surface area contributed by atoms with E-state index in [1.54, 1.807) is 6.07 Å². The summed E-state index contributed by atoms with van der Waals surface area (Å²) in [5.74, 6) is -0.261. The van der Waals surface area contributed by atoms with Crippen LogP contribution in [0.5, 0.6) is 0 Å². The number of halogens is 3. The van der Waals surface area contributed by atoms with Crippen LogP contribution in [-0.2, 0) is 0 Å². The Kier molecular flexibility index (Phi) is 4.40. The lowest BCUT2D eigenvalue weighted by Crippen LogP contribution is -2.06. The molecule has 0 fully saturated rings. The maximum Gasteiger partial charge on any atom is 0.139 e. The largest absolute Gasteiger partial charge is 0.378 e. The first-order valence-electron chi connectivity index (χ1n) is 5.53. The lowest BCUT2D eigenvalue weighted by atomic mass is 10.1. The van der Waals surface area contributed by atoms with Crippen molar-refractivity contribution in [2.75, 3.05) is 5.32 Å². The molecule has 1 nitrogen and oxygen atoms in total. The fraction of sp³-hybridized carbons (Fsp3) is 0.143. The predicted octanol–water partition coefficient (Wildman–Crippen LogP) is 5.52. The number of anilines is 1. The Balaban J connectivity index is 2.13. The van der Waals surface area contributed by atoms with Crippen LogP contribution in [0.1, 0.15) is 18.5 Å². The minimum Gasteiger partial charge on any atom is -0.378 e. The van der Waals surface area contributed by atoms with E-state index in [0.717, 1.165) is 15.7 Å². The van der Waals surface area contributed by atoms with Gasteiger partial charge in [0.25, 0.3) is 0 Å². The van der Waals surface area contributed by atoms with Gasteiger partial charge in [-0.1, -0.05) is 28.1 Å². The molecule has 0 radical (unpaired) electrons. The zero-order valence-corrected chi connectivity index (χ0v) is 12.9. The molecule has 2 aromatic rings. The summed E-state index contributed by atoms with van der Waals surface area (Å²) in [6.45, 7) is 2.04. The van der Waals surface area contributed by atoms with E-state index in [4.69, 9.17) is 0 Å². The summed E-state index contributed by atoms with van der Waals surface area (Å²) in [5.41, 5.74) is 1.92. The van der Waals surface area contributed by atoms with Crippen LogP contribution in [0.4, 0.5) is 10.1 Å². The zero-order chi connectivity index (χ0) is 13.1. The number of benzene rings is 2. The molecule has 0 saturated carbocycles. The first-order valence-corrected chi connectivity index (χ1v) is 7.12. The second-order valence-electron chi connectivity index (χ2n) is 4.05. The maximum atomic E-state index is 13.4. The Morgan fingerprint density at radius 2 is 1.72 bits per heavy atom. The van der Waals surface area contributed by atoms with Crippen molar-refractivity contribution in [1.82, 2.24) is 0 Å².